The van der Waals surface area contributed by atoms with Gasteiger partial charge in [-0.1, -0.05) is 15.9 Å². The molecule has 2 N–H and O–H groups in total. The standard InChI is InChI=1S/C14H18BrN3O3/c15-11-4-3-10(13(8-11)18(20)21)9-16-7-1-2-14(19)17-12-5-6-12/h3-4,8,12,16H,1-2,5-7,9H2,(H,17,19). The number of carbonyl (C=O) groups excluding carboxylic acids is 1. The summed E-state index contributed by atoms with van der Waals surface area (Å²) in [5.41, 5.74) is 0.744. The molecule has 6 nitrogen and oxygen atoms in total. The van der Waals surface area contributed by atoms with Gasteiger partial charge in [-0.25, -0.2) is 0 Å². The van der Waals surface area contributed by atoms with Gasteiger partial charge in [-0.15, -0.1) is 0 Å². The van der Waals surface area contributed by atoms with Crippen LogP contribution in [0.3, 0.4) is 0 Å². The fourth-order valence-corrected chi connectivity index (χ4v) is 2.33. The van der Waals surface area contributed by atoms with E-state index in [0.29, 0.717) is 35.6 Å². The second-order valence-electron chi connectivity index (χ2n) is 5.15. The smallest absolute Gasteiger partial charge is 0.275 e. The number of rotatable bonds is 8. The number of halogens is 1. The predicted molar refractivity (Wildman–Crippen MR) is 82.9 cm³/mol. The van der Waals surface area contributed by atoms with Crippen molar-refractivity contribution in [3.05, 3.63) is 38.3 Å². The lowest BCUT2D eigenvalue weighted by atomic mass is 10.2. The molecule has 0 unspecified atom stereocenters. The molecule has 21 heavy (non-hydrogen) atoms. The molecule has 1 amide bonds. The van der Waals surface area contributed by atoms with Crippen LogP contribution in [0.25, 0.3) is 0 Å². The molecule has 0 saturated heterocycles. The number of nitro benzene ring substituents is 1. The zero-order valence-electron chi connectivity index (χ0n) is 11.6. The Morgan fingerprint density at radius 2 is 2.19 bits per heavy atom. The summed E-state index contributed by atoms with van der Waals surface area (Å²) in [6, 6.07) is 5.42. The van der Waals surface area contributed by atoms with E-state index < -0.39 is 0 Å². The molecule has 0 bridgehead atoms. The van der Waals surface area contributed by atoms with Crippen molar-refractivity contribution in [2.24, 2.45) is 0 Å². The van der Waals surface area contributed by atoms with Crippen molar-refractivity contribution in [1.29, 1.82) is 0 Å². The summed E-state index contributed by atoms with van der Waals surface area (Å²) in [6.45, 7) is 1.08. The van der Waals surface area contributed by atoms with Crippen molar-refractivity contribution in [2.75, 3.05) is 6.54 Å². The minimum absolute atomic E-state index is 0.0916. The van der Waals surface area contributed by atoms with Gasteiger partial charge in [-0.05, 0) is 37.9 Å². The van der Waals surface area contributed by atoms with Crippen LogP contribution in [0.15, 0.2) is 22.7 Å². The Morgan fingerprint density at radius 3 is 2.86 bits per heavy atom. The molecule has 0 aliphatic heterocycles. The van der Waals surface area contributed by atoms with Crippen molar-refractivity contribution in [2.45, 2.75) is 38.3 Å². The molecule has 1 aromatic rings. The van der Waals surface area contributed by atoms with E-state index in [1.54, 1.807) is 12.1 Å². The van der Waals surface area contributed by atoms with Crippen molar-refractivity contribution >= 4 is 27.5 Å². The van der Waals surface area contributed by atoms with E-state index in [2.05, 4.69) is 26.6 Å². The third kappa shape index (κ3) is 5.43. The molecule has 1 saturated carbocycles. The maximum absolute atomic E-state index is 11.5. The van der Waals surface area contributed by atoms with Crippen LogP contribution in [0.4, 0.5) is 5.69 Å². The first-order valence-electron chi connectivity index (χ1n) is 6.99. The highest BCUT2D eigenvalue weighted by molar-refractivity contribution is 9.10. The summed E-state index contributed by atoms with van der Waals surface area (Å²) in [5, 5.41) is 17.0. The Bertz CT molecular complexity index is 532. The van der Waals surface area contributed by atoms with Crippen molar-refractivity contribution in [1.82, 2.24) is 10.6 Å². The van der Waals surface area contributed by atoms with Gasteiger partial charge in [0.1, 0.15) is 0 Å². The molecular formula is C14H18BrN3O3. The molecular weight excluding hydrogens is 338 g/mol. The topological polar surface area (TPSA) is 84.3 Å². The van der Waals surface area contributed by atoms with E-state index in [1.807, 2.05) is 0 Å². The molecule has 1 fully saturated rings. The Kier molecular flexibility index (Phi) is 5.69. The first-order chi connectivity index (χ1) is 10.1. The van der Waals surface area contributed by atoms with E-state index in [-0.39, 0.29) is 16.5 Å². The van der Waals surface area contributed by atoms with E-state index >= 15 is 0 Å². The number of hydrogen-bond acceptors (Lipinski definition) is 4. The lowest BCUT2D eigenvalue weighted by Crippen LogP contribution is -2.26. The summed E-state index contributed by atoms with van der Waals surface area (Å²) < 4.78 is 0.690. The fourth-order valence-electron chi connectivity index (χ4n) is 1.98. The highest BCUT2D eigenvalue weighted by Gasteiger charge is 2.22. The minimum atomic E-state index is -0.384. The fraction of sp³-hybridized carbons (Fsp3) is 0.500. The van der Waals surface area contributed by atoms with Crippen LogP contribution in [0.5, 0.6) is 0 Å². The van der Waals surface area contributed by atoms with Crippen LogP contribution in [0.1, 0.15) is 31.2 Å². The first kappa shape index (κ1) is 15.9. The third-order valence-electron chi connectivity index (χ3n) is 3.26. The van der Waals surface area contributed by atoms with Crippen molar-refractivity contribution < 1.29 is 9.72 Å². The number of amides is 1. The second kappa shape index (κ2) is 7.51. The molecule has 114 valence electrons. The average Bonchev–Trinajstić information content (AvgIpc) is 3.23. The number of nitrogens with zero attached hydrogens (tertiary/aromatic N) is 1. The SMILES string of the molecule is O=C(CCCNCc1ccc(Br)cc1[N+](=O)[O-])NC1CC1. The Hall–Kier alpha value is -1.47. The van der Waals surface area contributed by atoms with E-state index in [0.717, 1.165) is 19.3 Å². The van der Waals surface area contributed by atoms with Gasteiger partial charge < -0.3 is 10.6 Å². The molecule has 0 spiro atoms. The predicted octanol–water partition coefficient (Wildman–Crippen LogP) is 2.51. The monoisotopic (exact) mass is 355 g/mol. The summed E-state index contributed by atoms with van der Waals surface area (Å²) in [7, 11) is 0. The molecule has 0 radical (unpaired) electrons. The van der Waals surface area contributed by atoms with Crippen LogP contribution in [0.2, 0.25) is 0 Å². The molecule has 7 heteroatoms. The van der Waals surface area contributed by atoms with Gasteiger partial charge in [0, 0.05) is 35.1 Å². The molecule has 1 aromatic carbocycles. The lowest BCUT2D eigenvalue weighted by molar-refractivity contribution is -0.385. The molecule has 1 aliphatic carbocycles. The van der Waals surface area contributed by atoms with Crippen LogP contribution in [0, 0.1) is 10.1 Å². The second-order valence-corrected chi connectivity index (χ2v) is 6.07. The summed E-state index contributed by atoms with van der Waals surface area (Å²) in [5.74, 6) is 0.0916. The number of hydrogen-bond donors (Lipinski definition) is 2. The molecule has 2 rings (SSSR count). The summed E-state index contributed by atoms with van der Waals surface area (Å²) in [4.78, 5) is 22.1. The number of nitro groups is 1. The molecule has 1 aliphatic rings. The number of carbonyl (C=O) groups is 1. The first-order valence-corrected chi connectivity index (χ1v) is 7.78. The Labute approximate surface area is 131 Å². The highest BCUT2D eigenvalue weighted by Crippen LogP contribution is 2.23. The zero-order valence-corrected chi connectivity index (χ0v) is 13.2. The third-order valence-corrected chi connectivity index (χ3v) is 3.75. The van der Waals surface area contributed by atoms with Crippen LogP contribution in [-0.4, -0.2) is 23.4 Å². The van der Waals surface area contributed by atoms with Crippen molar-refractivity contribution in [3.8, 4) is 0 Å². The van der Waals surface area contributed by atoms with E-state index in [1.165, 1.54) is 6.07 Å². The summed E-state index contributed by atoms with van der Waals surface area (Å²) >= 11 is 3.23. The molecule has 0 aromatic heterocycles. The van der Waals surface area contributed by atoms with Gasteiger partial charge in [0.15, 0.2) is 0 Å². The van der Waals surface area contributed by atoms with Gasteiger partial charge in [0.2, 0.25) is 5.91 Å². The average molecular weight is 356 g/mol. The minimum Gasteiger partial charge on any atom is -0.353 e. The molecule has 0 heterocycles. The van der Waals surface area contributed by atoms with Crippen LogP contribution < -0.4 is 10.6 Å². The van der Waals surface area contributed by atoms with Gasteiger partial charge in [-0.2, -0.15) is 0 Å². The van der Waals surface area contributed by atoms with Gasteiger partial charge in [0.25, 0.3) is 5.69 Å². The maximum atomic E-state index is 11.5. The maximum Gasteiger partial charge on any atom is 0.275 e. The van der Waals surface area contributed by atoms with Crippen molar-refractivity contribution in [3.63, 3.8) is 0 Å². The molecule has 0 atom stereocenters. The van der Waals surface area contributed by atoms with Gasteiger partial charge >= 0.3 is 0 Å². The lowest BCUT2D eigenvalue weighted by Gasteiger charge is -2.06. The Balaban J connectivity index is 1.70. The number of nitrogens with one attached hydrogen (secondary N) is 2. The van der Waals surface area contributed by atoms with Crippen LogP contribution >= 0.6 is 15.9 Å². The van der Waals surface area contributed by atoms with Crippen LogP contribution in [-0.2, 0) is 11.3 Å². The van der Waals surface area contributed by atoms with Gasteiger partial charge in [-0.3, -0.25) is 14.9 Å². The highest BCUT2D eigenvalue weighted by atomic mass is 79.9. The van der Waals surface area contributed by atoms with E-state index in [9.17, 15) is 14.9 Å². The normalized spacial score (nSPS) is 14.0. The quantitative estimate of drug-likeness (QED) is 0.426. The summed E-state index contributed by atoms with van der Waals surface area (Å²) in [6.07, 6.45) is 3.41. The zero-order chi connectivity index (χ0) is 15.2. The Morgan fingerprint density at radius 1 is 1.43 bits per heavy atom. The van der Waals surface area contributed by atoms with E-state index in [4.69, 9.17) is 0 Å². The number of benzene rings is 1. The van der Waals surface area contributed by atoms with Gasteiger partial charge in [0.05, 0.1) is 4.92 Å². The largest absolute Gasteiger partial charge is 0.353 e.